The van der Waals surface area contributed by atoms with Crippen molar-refractivity contribution in [2.75, 3.05) is 13.6 Å². The highest BCUT2D eigenvalue weighted by molar-refractivity contribution is 5.96. The maximum atomic E-state index is 12.8. The van der Waals surface area contributed by atoms with Gasteiger partial charge in [0.15, 0.2) is 0 Å². The highest BCUT2D eigenvalue weighted by atomic mass is 16.5. The molecule has 0 saturated heterocycles. The maximum absolute atomic E-state index is 12.8. The van der Waals surface area contributed by atoms with Gasteiger partial charge in [-0.15, -0.1) is 0 Å². The third-order valence-corrected chi connectivity index (χ3v) is 5.00. The largest absolute Gasteiger partial charge is 0.457 e. The molecule has 4 aromatic rings. The SMILES string of the molecule is CNC(=O)c1cc(Oc2cccc(CCNC(=O)c3cccnc3Oc3ccccc3)c2)ccn1. The van der Waals surface area contributed by atoms with E-state index in [-0.39, 0.29) is 23.4 Å². The lowest BCUT2D eigenvalue weighted by Crippen LogP contribution is -2.26. The molecule has 0 radical (unpaired) electrons. The summed E-state index contributed by atoms with van der Waals surface area (Å²) in [7, 11) is 1.55. The minimum Gasteiger partial charge on any atom is -0.457 e. The van der Waals surface area contributed by atoms with Crippen molar-refractivity contribution in [1.29, 1.82) is 0 Å². The van der Waals surface area contributed by atoms with E-state index in [0.717, 1.165) is 5.56 Å². The van der Waals surface area contributed by atoms with Gasteiger partial charge in [0.2, 0.25) is 5.88 Å². The smallest absolute Gasteiger partial charge is 0.269 e. The zero-order chi connectivity index (χ0) is 24.5. The number of rotatable bonds is 9. The van der Waals surface area contributed by atoms with Crippen molar-refractivity contribution in [3.8, 4) is 23.1 Å². The molecule has 4 rings (SSSR count). The van der Waals surface area contributed by atoms with Gasteiger partial charge < -0.3 is 20.1 Å². The molecule has 176 valence electrons. The normalized spacial score (nSPS) is 10.3. The van der Waals surface area contributed by atoms with E-state index in [9.17, 15) is 9.59 Å². The number of para-hydroxylation sites is 1. The summed E-state index contributed by atoms with van der Waals surface area (Å²) in [4.78, 5) is 32.8. The van der Waals surface area contributed by atoms with E-state index in [1.165, 1.54) is 6.20 Å². The van der Waals surface area contributed by atoms with Crippen LogP contribution in [-0.4, -0.2) is 35.4 Å². The standard InChI is InChI=1S/C27H24N4O4/c1-28-26(33)24-18-22(13-16-29-24)34-21-10-5-7-19(17-21)12-15-30-25(32)23-11-6-14-31-27(23)35-20-8-3-2-4-9-20/h2-11,13-14,16-18H,12,15H2,1H3,(H,28,33)(H,30,32). The minimum absolute atomic E-state index is 0.250. The summed E-state index contributed by atoms with van der Waals surface area (Å²) in [6.45, 7) is 0.415. The Hall–Kier alpha value is -4.72. The number of aromatic nitrogens is 2. The van der Waals surface area contributed by atoms with Gasteiger partial charge >= 0.3 is 0 Å². The van der Waals surface area contributed by atoms with Gasteiger partial charge in [-0.05, 0) is 54.4 Å². The second kappa shape index (κ2) is 11.4. The number of nitrogens with one attached hydrogen (secondary N) is 2. The fourth-order valence-corrected chi connectivity index (χ4v) is 3.29. The van der Waals surface area contributed by atoms with Crippen LogP contribution in [0, 0.1) is 0 Å². The Kier molecular flexibility index (Phi) is 7.65. The summed E-state index contributed by atoms with van der Waals surface area (Å²) in [5.74, 6) is 1.43. The molecule has 0 unspecified atom stereocenters. The topological polar surface area (TPSA) is 102 Å². The molecule has 0 bridgehead atoms. The van der Waals surface area contributed by atoms with Gasteiger partial charge in [-0.1, -0.05) is 30.3 Å². The Morgan fingerprint density at radius 2 is 1.57 bits per heavy atom. The second-order valence-electron chi connectivity index (χ2n) is 7.48. The van der Waals surface area contributed by atoms with Crippen LogP contribution in [-0.2, 0) is 6.42 Å². The predicted octanol–water partition coefficient (Wildman–Crippen LogP) is 4.39. The van der Waals surface area contributed by atoms with Gasteiger partial charge in [0, 0.05) is 32.1 Å². The third-order valence-electron chi connectivity index (χ3n) is 5.00. The van der Waals surface area contributed by atoms with Gasteiger partial charge in [0.05, 0.1) is 0 Å². The van der Waals surface area contributed by atoms with E-state index in [1.54, 1.807) is 49.6 Å². The molecular formula is C27H24N4O4. The predicted molar refractivity (Wildman–Crippen MR) is 131 cm³/mol. The lowest BCUT2D eigenvalue weighted by Gasteiger charge is -2.11. The van der Waals surface area contributed by atoms with Crippen LogP contribution in [0.3, 0.4) is 0 Å². The summed E-state index contributed by atoms with van der Waals surface area (Å²) in [6, 6.07) is 23.4. The van der Waals surface area contributed by atoms with E-state index in [4.69, 9.17) is 9.47 Å². The lowest BCUT2D eigenvalue weighted by atomic mass is 10.1. The van der Waals surface area contributed by atoms with Crippen LogP contribution in [0.5, 0.6) is 23.1 Å². The Bertz CT molecular complexity index is 1310. The van der Waals surface area contributed by atoms with E-state index >= 15 is 0 Å². The highest BCUT2D eigenvalue weighted by Crippen LogP contribution is 2.24. The molecular weight excluding hydrogens is 444 g/mol. The number of benzene rings is 2. The molecule has 0 fully saturated rings. The summed E-state index contributed by atoms with van der Waals surface area (Å²) >= 11 is 0. The van der Waals surface area contributed by atoms with Crippen LogP contribution in [0.15, 0.2) is 91.3 Å². The van der Waals surface area contributed by atoms with Gasteiger partial charge in [-0.3, -0.25) is 14.6 Å². The number of pyridine rings is 2. The molecule has 2 aromatic heterocycles. The van der Waals surface area contributed by atoms with Crippen molar-refractivity contribution in [3.63, 3.8) is 0 Å². The molecule has 0 aliphatic heterocycles. The first-order chi connectivity index (χ1) is 17.1. The molecule has 0 aliphatic carbocycles. The number of hydrogen-bond acceptors (Lipinski definition) is 6. The van der Waals surface area contributed by atoms with Gasteiger partial charge in [-0.25, -0.2) is 4.98 Å². The number of hydrogen-bond donors (Lipinski definition) is 2. The van der Waals surface area contributed by atoms with Crippen LogP contribution < -0.4 is 20.1 Å². The van der Waals surface area contributed by atoms with Crippen LogP contribution in [0.2, 0.25) is 0 Å². The fourth-order valence-electron chi connectivity index (χ4n) is 3.29. The molecule has 0 spiro atoms. The monoisotopic (exact) mass is 468 g/mol. The number of ether oxygens (including phenoxy) is 2. The summed E-state index contributed by atoms with van der Waals surface area (Å²) in [5.41, 5.74) is 1.61. The first kappa shape index (κ1) is 23.4. The van der Waals surface area contributed by atoms with Crippen LogP contribution in [0.1, 0.15) is 26.4 Å². The van der Waals surface area contributed by atoms with E-state index in [1.807, 2.05) is 42.5 Å². The van der Waals surface area contributed by atoms with Crippen molar-refractivity contribution in [2.45, 2.75) is 6.42 Å². The molecule has 8 heteroatoms. The van der Waals surface area contributed by atoms with Gasteiger partial charge in [0.1, 0.15) is 28.5 Å². The quantitative estimate of drug-likeness (QED) is 0.378. The number of carbonyl (C=O) groups is 2. The number of carbonyl (C=O) groups excluding carboxylic acids is 2. The Morgan fingerprint density at radius 1 is 0.771 bits per heavy atom. The van der Waals surface area contributed by atoms with E-state index < -0.39 is 0 Å². The van der Waals surface area contributed by atoms with Crippen LogP contribution in [0.25, 0.3) is 0 Å². The molecule has 2 heterocycles. The summed E-state index contributed by atoms with van der Waals surface area (Å²) in [5, 5.41) is 5.45. The van der Waals surface area contributed by atoms with Crippen LogP contribution in [0.4, 0.5) is 0 Å². The first-order valence-electron chi connectivity index (χ1n) is 11.0. The van der Waals surface area contributed by atoms with Crippen molar-refractivity contribution < 1.29 is 19.1 Å². The lowest BCUT2D eigenvalue weighted by molar-refractivity contribution is 0.0945. The van der Waals surface area contributed by atoms with Crippen LogP contribution >= 0.6 is 0 Å². The number of nitrogens with zero attached hydrogens (tertiary/aromatic N) is 2. The van der Waals surface area contributed by atoms with E-state index in [0.29, 0.717) is 35.8 Å². The zero-order valence-electron chi connectivity index (χ0n) is 19.1. The molecule has 2 amide bonds. The highest BCUT2D eigenvalue weighted by Gasteiger charge is 2.14. The van der Waals surface area contributed by atoms with Gasteiger partial charge in [-0.2, -0.15) is 0 Å². The third kappa shape index (κ3) is 6.42. The Morgan fingerprint density at radius 3 is 2.40 bits per heavy atom. The van der Waals surface area contributed by atoms with Crippen molar-refractivity contribution in [1.82, 2.24) is 20.6 Å². The minimum atomic E-state index is -0.286. The molecule has 2 aromatic carbocycles. The fraction of sp³-hybridized carbons (Fsp3) is 0.111. The maximum Gasteiger partial charge on any atom is 0.269 e. The van der Waals surface area contributed by atoms with Crippen molar-refractivity contribution in [3.05, 3.63) is 108 Å². The van der Waals surface area contributed by atoms with Crippen molar-refractivity contribution >= 4 is 11.8 Å². The summed E-state index contributed by atoms with van der Waals surface area (Å²) in [6.07, 6.45) is 3.70. The average molecular weight is 469 g/mol. The van der Waals surface area contributed by atoms with E-state index in [2.05, 4.69) is 20.6 Å². The first-order valence-corrected chi connectivity index (χ1v) is 11.0. The molecule has 8 nitrogen and oxygen atoms in total. The Balaban J connectivity index is 1.35. The zero-order valence-corrected chi connectivity index (χ0v) is 19.1. The average Bonchev–Trinajstić information content (AvgIpc) is 2.89. The Labute approximate surface area is 203 Å². The number of amides is 2. The summed E-state index contributed by atoms with van der Waals surface area (Å²) < 4.78 is 11.7. The molecule has 35 heavy (non-hydrogen) atoms. The molecule has 0 aliphatic rings. The molecule has 2 N–H and O–H groups in total. The van der Waals surface area contributed by atoms with Crippen molar-refractivity contribution in [2.24, 2.45) is 0 Å². The molecule has 0 saturated carbocycles. The molecule has 0 atom stereocenters. The van der Waals surface area contributed by atoms with Gasteiger partial charge in [0.25, 0.3) is 11.8 Å². The second-order valence-corrected chi connectivity index (χ2v) is 7.48.